The van der Waals surface area contributed by atoms with Gasteiger partial charge in [0, 0.05) is 11.5 Å². The standard InChI is InChI=1S/C32H40O7/c1-30-13-10-23(39-29(35)28(34)38-18-20-6-4-3-5-7-20)17-22(30)8-9-26-25(30)11-14-31(2)24(12-15-32(26,31)36)21-16-27(33)37-19-21/h3-7,16,22-26,36H,8-15,17-19H2,1-2H3/t22-,23+,24-,25+,26-,30+,31-,32+/m1/s1. The quantitative estimate of drug-likeness (QED) is 0.332. The monoisotopic (exact) mass is 536 g/mol. The smallest absolute Gasteiger partial charge is 0.417 e. The average Bonchev–Trinajstić information content (AvgIpc) is 3.47. The summed E-state index contributed by atoms with van der Waals surface area (Å²) in [6.07, 6.45) is 9.38. The van der Waals surface area contributed by atoms with E-state index in [4.69, 9.17) is 14.2 Å². The number of carbonyl (C=O) groups is 3. The molecule has 1 aromatic carbocycles. The molecule has 0 radical (unpaired) electrons. The van der Waals surface area contributed by atoms with Gasteiger partial charge in [0.1, 0.15) is 19.3 Å². The van der Waals surface area contributed by atoms with E-state index in [9.17, 15) is 19.5 Å². The number of cyclic esters (lactones) is 1. The summed E-state index contributed by atoms with van der Waals surface area (Å²) in [5, 5.41) is 12.4. The second-order valence-corrected chi connectivity index (χ2v) is 13.2. The molecule has 1 aromatic rings. The molecule has 6 rings (SSSR count). The summed E-state index contributed by atoms with van der Waals surface area (Å²) in [4.78, 5) is 36.6. The van der Waals surface area contributed by atoms with Crippen molar-refractivity contribution in [1.29, 1.82) is 0 Å². The predicted molar refractivity (Wildman–Crippen MR) is 142 cm³/mol. The zero-order valence-corrected chi connectivity index (χ0v) is 23.0. The van der Waals surface area contributed by atoms with Gasteiger partial charge in [-0.05, 0) is 98.0 Å². The summed E-state index contributed by atoms with van der Waals surface area (Å²) in [5.74, 6) is -0.880. The molecular formula is C32H40O7. The number of rotatable bonds is 4. The molecule has 1 aliphatic heterocycles. The molecule has 1 N–H and O–H groups in total. The Bertz CT molecular complexity index is 1180. The van der Waals surface area contributed by atoms with Gasteiger partial charge in [0.15, 0.2) is 0 Å². The van der Waals surface area contributed by atoms with Crippen molar-refractivity contribution in [2.75, 3.05) is 6.61 Å². The minimum Gasteiger partial charge on any atom is -0.458 e. The molecule has 1 heterocycles. The molecule has 39 heavy (non-hydrogen) atoms. The Morgan fingerprint density at radius 1 is 0.974 bits per heavy atom. The van der Waals surface area contributed by atoms with Crippen molar-refractivity contribution in [3.05, 3.63) is 47.5 Å². The summed E-state index contributed by atoms with van der Waals surface area (Å²) in [7, 11) is 0. The van der Waals surface area contributed by atoms with Crippen LogP contribution in [-0.2, 0) is 35.2 Å². The van der Waals surface area contributed by atoms with E-state index < -0.39 is 17.5 Å². The van der Waals surface area contributed by atoms with Crippen LogP contribution in [0.4, 0.5) is 0 Å². The lowest BCUT2D eigenvalue weighted by molar-refractivity contribution is -0.210. The molecule has 210 valence electrons. The second kappa shape index (κ2) is 9.76. The van der Waals surface area contributed by atoms with E-state index in [1.54, 1.807) is 6.08 Å². The minimum absolute atomic E-state index is 0.0481. The fourth-order valence-electron chi connectivity index (χ4n) is 9.46. The molecule has 7 nitrogen and oxygen atoms in total. The van der Waals surface area contributed by atoms with E-state index in [0.29, 0.717) is 18.4 Å². The third-order valence-corrected chi connectivity index (χ3v) is 11.6. The van der Waals surface area contributed by atoms with E-state index in [2.05, 4.69) is 13.8 Å². The van der Waals surface area contributed by atoms with Crippen molar-refractivity contribution in [2.45, 2.75) is 89.9 Å². The zero-order valence-electron chi connectivity index (χ0n) is 23.0. The van der Waals surface area contributed by atoms with Crippen molar-refractivity contribution in [3.63, 3.8) is 0 Å². The number of fused-ring (bicyclic) bond motifs is 5. The molecule has 4 aliphatic carbocycles. The third kappa shape index (κ3) is 4.32. The molecule has 4 saturated carbocycles. The van der Waals surface area contributed by atoms with Crippen LogP contribution in [0.2, 0.25) is 0 Å². The predicted octanol–water partition coefficient (Wildman–Crippen LogP) is 4.90. The number of esters is 3. The Hall–Kier alpha value is -2.67. The maximum Gasteiger partial charge on any atom is 0.417 e. The van der Waals surface area contributed by atoms with Gasteiger partial charge >= 0.3 is 17.9 Å². The second-order valence-electron chi connectivity index (χ2n) is 13.2. The SMILES string of the molecule is C[C@]12CC[C@H](OC(=O)C(=O)OCc3ccccc3)C[C@H]1CC[C@@H]1[C@@H]2CC[C@]2(C)[C@@H](C3=CC(=O)OC3)CC[C@]12O. The number of carbonyl (C=O) groups excluding carboxylic acids is 3. The fraction of sp³-hybridized carbons (Fsp3) is 0.656. The van der Waals surface area contributed by atoms with Gasteiger partial charge < -0.3 is 19.3 Å². The first-order valence-corrected chi connectivity index (χ1v) is 14.7. The molecule has 0 saturated heterocycles. The highest BCUT2D eigenvalue weighted by atomic mass is 16.6. The maximum absolute atomic E-state index is 12.5. The van der Waals surface area contributed by atoms with Crippen LogP contribution in [-0.4, -0.2) is 41.3 Å². The van der Waals surface area contributed by atoms with Crippen molar-refractivity contribution < 1.29 is 33.7 Å². The number of hydrogen-bond acceptors (Lipinski definition) is 7. The van der Waals surface area contributed by atoms with Crippen LogP contribution in [0.25, 0.3) is 0 Å². The highest BCUT2D eigenvalue weighted by Gasteiger charge is 2.67. The Morgan fingerprint density at radius 3 is 2.51 bits per heavy atom. The first kappa shape index (κ1) is 26.5. The normalized spacial score (nSPS) is 40.9. The summed E-state index contributed by atoms with van der Waals surface area (Å²) in [6.45, 7) is 5.03. The maximum atomic E-state index is 12.5. The third-order valence-electron chi connectivity index (χ3n) is 11.6. The van der Waals surface area contributed by atoms with Gasteiger partial charge in [-0.3, -0.25) is 0 Å². The Labute approximate surface area is 230 Å². The van der Waals surface area contributed by atoms with E-state index >= 15 is 0 Å². The highest BCUT2D eigenvalue weighted by Crippen LogP contribution is 2.70. The first-order valence-electron chi connectivity index (χ1n) is 14.7. The van der Waals surface area contributed by atoms with Gasteiger partial charge in [-0.25, -0.2) is 14.4 Å². The Balaban J connectivity index is 1.10. The molecular weight excluding hydrogens is 496 g/mol. The first-order chi connectivity index (χ1) is 18.6. The molecule has 4 fully saturated rings. The van der Waals surface area contributed by atoms with Crippen LogP contribution in [0, 0.1) is 34.5 Å². The molecule has 5 aliphatic rings. The van der Waals surface area contributed by atoms with Crippen LogP contribution in [0.1, 0.15) is 77.2 Å². The van der Waals surface area contributed by atoms with Crippen molar-refractivity contribution >= 4 is 17.9 Å². The summed E-state index contributed by atoms with van der Waals surface area (Å²) < 4.78 is 16.1. The molecule has 0 aromatic heterocycles. The number of aliphatic hydroxyl groups is 1. The fourth-order valence-corrected chi connectivity index (χ4v) is 9.46. The molecule has 0 unspecified atom stereocenters. The van der Waals surface area contributed by atoms with Crippen LogP contribution >= 0.6 is 0 Å². The van der Waals surface area contributed by atoms with Crippen molar-refractivity contribution in [2.24, 2.45) is 34.5 Å². The van der Waals surface area contributed by atoms with Crippen molar-refractivity contribution in [3.8, 4) is 0 Å². The molecule has 8 atom stereocenters. The van der Waals surface area contributed by atoms with Crippen LogP contribution in [0.5, 0.6) is 0 Å². The summed E-state index contributed by atoms with van der Waals surface area (Å²) in [5.41, 5.74) is 0.961. The van der Waals surface area contributed by atoms with Crippen LogP contribution < -0.4 is 0 Å². The van der Waals surface area contributed by atoms with Gasteiger partial charge in [-0.2, -0.15) is 0 Å². The molecule has 0 spiro atoms. The Morgan fingerprint density at radius 2 is 1.77 bits per heavy atom. The van der Waals surface area contributed by atoms with Gasteiger partial charge in [0.05, 0.1) is 5.60 Å². The van der Waals surface area contributed by atoms with Crippen LogP contribution in [0.3, 0.4) is 0 Å². The summed E-state index contributed by atoms with van der Waals surface area (Å²) in [6, 6.07) is 9.28. The average molecular weight is 537 g/mol. The summed E-state index contributed by atoms with van der Waals surface area (Å²) >= 11 is 0. The molecule has 7 heteroatoms. The van der Waals surface area contributed by atoms with E-state index in [-0.39, 0.29) is 41.3 Å². The number of ether oxygens (including phenoxy) is 3. The van der Waals surface area contributed by atoms with E-state index in [0.717, 1.165) is 68.9 Å². The minimum atomic E-state index is -0.940. The highest BCUT2D eigenvalue weighted by molar-refractivity contribution is 6.29. The van der Waals surface area contributed by atoms with Gasteiger partial charge in [0.2, 0.25) is 0 Å². The zero-order chi connectivity index (χ0) is 27.4. The number of benzene rings is 1. The lowest BCUT2D eigenvalue weighted by Crippen LogP contribution is -2.62. The number of hydrogen-bond donors (Lipinski definition) is 1. The lowest BCUT2D eigenvalue weighted by atomic mass is 9.43. The lowest BCUT2D eigenvalue weighted by Gasteiger charge is -2.63. The van der Waals surface area contributed by atoms with Crippen LogP contribution in [0.15, 0.2) is 42.0 Å². The molecule has 0 amide bonds. The van der Waals surface area contributed by atoms with E-state index in [1.165, 1.54) is 0 Å². The van der Waals surface area contributed by atoms with Gasteiger partial charge in [0.25, 0.3) is 0 Å². The van der Waals surface area contributed by atoms with Gasteiger partial charge in [-0.1, -0.05) is 44.2 Å². The largest absolute Gasteiger partial charge is 0.458 e. The van der Waals surface area contributed by atoms with Crippen molar-refractivity contribution in [1.82, 2.24) is 0 Å². The molecule has 0 bridgehead atoms. The topological polar surface area (TPSA) is 99.1 Å². The Kier molecular flexibility index (Phi) is 6.64. The van der Waals surface area contributed by atoms with E-state index in [1.807, 2.05) is 30.3 Å². The van der Waals surface area contributed by atoms with Gasteiger partial charge in [-0.15, -0.1) is 0 Å².